The number of hydrogen-bond acceptors (Lipinski definition) is 2. The highest BCUT2D eigenvalue weighted by Crippen LogP contribution is 2.38. The van der Waals surface area contributed by atoms with Gasteiger partial charge in [-0.05, 0) is 29.3 Å². The maximum Gasteiger partial charge on any atom is 0.573 e. The van der Waals surface area contributed by atoms with Gasteiger partial charge in [0.2, 0.25) is 0 Å². The second-order valence-electron chi connectivity index (χ2n) is 4.12. The molecule has 0 saturated carbocycles. The Morgan fingerprint density at radius 3 is 2.05 bits per heavy atom. The standard InChI is InChI=1S/C13H6ClF6NO/c14-11-5-9(10(6-21-11)12(15,16)17)7-1-3-8(4-2-7)22-13(18,19)20/h1-6H. The van der Waals surface area contributed by atoms with Crippen LogP contribution in [0.1, 0.15) is 5.56 Å². The van der Waals surface area contributed by atoms with Gasteiger partial charge in [0.15, 0.2) is 0 Å². The number of aromatic nitrogens is 1. The highest BCUT2D eigenvalue weighted by molar-refractivity contribution is 6.29. The van der Waals surface area contributed by atoms with Crippen LogP contribution in [0.25, 0.3) is 11.1 Å². The molecule has 2 rings (SSSR count). The Labute approximate surface area is 125 Å². The molecule has 0 fully saturated rings. The summed E-state index contributed by atoms with van der Waals surface area (Å²) in [4.78, 5) is 3.37. The molecule has 0 bridgehead atoms. The molecule has 118 valence electrons. The molecule has 0 aliphatic rings. The summed E-state index contributed by atoms with van der Waals surface area (Å²) in [6.45, 7) is 0. The van der Waals surface area contributed by atoms with Gasteiger partial charge in [-0.15, -0.1) is 13.2 Å². The Hall–Kier alpha value is -1.96. The van der Waals surface area contributed by atoms with Crippen molar-refractivity contribution in [2.75, 3.05) is 0 Å². The van der Waals surface area contributed by atoms with Crippen LogP contribution < -0.4 is 4.74 Å². The maximum absolute atomic E-state index is 12.9. The van der Waals surface area contributed by atoms with Crippen LogP contribution in [-0.2, 0) is 6.18 Å². The van der Waals surface area contributed by atoms with E-state index in [-0.39, 0.29) is 16.3 Å². The summed E-state index contributed by atoms with van der Waals surface area (Å²) in [5, 5.41) is -0.168. The van der Waals surface area contributed by atoms with Crippen LogP contribution in [0.2, 0.25) is 5.15 Å². The topological polar surface area (TPSA) is 22.1 Å². The molecule has 0 aliphatic heterocycles. The van der Waals surface area contributed by atoms with E-state index in [9.17, 15) is 26.3 Å². The number of rotatable bonds is 2. The molecule has 0 amide bonds. The van der Waals surface area contributed by atoms with Crippen LogP contribution in [0.4, 0.5) is 26.3 Å². The molecule has 1 heterocycles. The van der Waals surface area contributed by atoms with Crippen LogP contribution in [0, 0.1) is 0 Å². The Balaban J connectivity index is 2.42. The van der Waals surface area contributed by atoms with Crippen molar-refractivity contribution >= 4 is 11.6 Å². The van der Waals surface area contributed by atoms with Gasteiger partial charge in [0.1, 0.15) is 10.9 Å². The van der Waals surface area contributed by atoms with Gasteiger partial charge in [0.25, 0.3) is 0 Å². The quantitative estimate of drug-likeness (QED) is 0.545. The van der Waals surface area contributed by atoms with Crippen molar-refractivity contribution in [1.29, 1.82) is 0 Å². The van der Waals surface area contributed by atoms with Gasteiger partial charge in [-0.1, -0.05) is 23.7 Å². The SMILES string of the molecule is FC(F)(F)Oc1ccc(-c2cc(Cl)ncc2C(F)(F)F)cc1. The predicted molar refractivity (Wildman–Crippen MR) is 66.4 cm³/mol. The van der Waals surface area contributed by atoms with Crippen molar-refractivity contribution in [3.63, 3.8) is 0 Å². The molecule has 0 unspecified atom stereocenters. The van der Waals surface area contributed by atoms with E-state index < -0.39 is 23.9 Å². The lowest BCUT2D eigenvalue weighted by atomic mass is 10.0. The third kappa shape index (κ3) is 4.03. The Morgan fingerprint density at radius 1 is 0.955 bits per heavy atom. The molecule has 1 aromatic carbocycles. The monoisotopic (exact) mass is 341 g/mol. The van der Waals surface area contributed by atoms with Crippen molar-refractivity contribution in [3.8, 4) is 16.9 Å². The van der Waals surface area contributed by atoms with Crippen LogP contribution in [0.5, 0.6) is 5.75 Å². The molecule has 0 saturated heterocycles. The largest absolute Gasteiger partial charge is 0.573 e. The third-order valence-corrected chi connectivity index (χ3v) is 2.78. The second-order valence-corrected chi connectivity index (χ2v) is 4.51. The lowest BCUT2D eigenvalue weighted by Gasteiger charge is -2.13. The molecule has 0 aliphatic carbocycles. The van der Waals surface area contributed by atoms with E-state index in [0.717, 1.165) is 30.3 Å². The predicted octanol–water partition coefficient (Wildman–Crippen LogP) is 5.32. The summed E-state index contributed by atoms with van der Waals surface area (Å²) in [6, 6.07) is 4.96. The summed E-state index contributed by atoms with van der Waals surface area (Å²) in [6.07, 6.45) is -8.98. The van der Waals surface area contributed by atoms with Gasteiger partial charge < -0.3 is 4.74 Å². The summed E-state index contributed by atoms with van der Waals surface area (Å²) in [5.41, 5.74) is -1.29. The van der Waals surface area contributed by atoms with Gasteiger partial charge >= 0.3 is 12.5 Å². The smallest absolute Gasteiger partial charge is 0.406 e. The fraction of sp³-hybridized carbons (Fsp3) is 0.154. The number of hydrogen-bond donors (Lipinski definition) is 0. The van der Waals surface area contributed by atoms with Gasteiger partial charge in [-0.3, -0.25) is 0 Å². The van der Waals surface area contributed by atoms with Crippen LogP contribution in [-0.4, -0.2) is 11.3 Å². The fourth-order valence-electron chi connectivity index (χ4n) is 1.73. The average molecular weight is 342 g/mol. The van der Waals surface area contributed by atoms with Crippen molar-refractivity contribution in [3.05, 3.63) is 47.2 Å². The van der Waals surface area contributed by atoms with Crippen molar-refractivity contribution < 1.29 is 31.1 Å². The Morgan fingerprint density at radius 2 is 1.55 bits per heavy atom. The molecule has 0 N–H and O–H groups in total. The van der Waals surface area contributed by atoms with Crippen LogP contribution in [0.3, 0.4) is 0 Å². The summed E-state index contributed by atoms with van der Waals surface area (Å²) in [5.74, 6) is -0.537. The van der Waals surface area contributed by atoms with E-state index in [4.69, 9.17) is 11.6 Å². The second kappa shape index (κ2) is 5.68. The molecule has 0 spiro atoms. The number of pyridine rings is 1. The van der Waals surface area contributed by atoms with Gasteiger partial charge in [-0.2, -0.15) is 13.2 Å². The zero-order chi connectivity index (χ0) is 16.5. The summed E-state index contributed by atoms with van der Waals surface area (Å²) in [7, 11) is 0. The van der Waals surface area contributed by atoms with Gasteiger partial charge in [0.05, 0.1) is 5.56 Å². The minimum Gasteiger partial charge on any atom is -0.406 e. The molecule has 22 heavy (non-hydrogen) atoms. The number of nitrogens with zero attached hydrogens (tertiary/aromatic N) is 1. The van der Waals surface area contributed by atoms with E-state index in [0.29, 0.717) is 6.20 Å². The van der Waals surface area contributed by atoms with Crippen LogP contribution >= 0.6 is 11.6 Å². The molecular formula is C13H6ClF6NO. The summed E-state index contributed by atoms with van der Waals surface area (Å²) < 4.78 is 78.5. The third-order valence-electron chi connectivity index (χ3n) is 2.57. The van der Waals surface area contributed by atoms with E-state index in [1.807, 2.05) is 0 Å². The molecule has 1 aromatic heterocycles. The number of halogens is 7. The first-order valence-corrected chi connectivity index (χ1v) is 6.03. The molecular weight excluding hydrogens is 336 g/mol. The highest BCUT2D eigenvalue weighted by Gasteiger charge is 2.34. The first kappa shape index (κ1) is 16.4. The zero-order valence-electron chi connectivity index (χ0n) is 10.5. The van der Waals surface area contributed by atoms with E-state index >= 15 is 0 Å². The zero-order valence-corrected chi connectivity index (χ0v) is 11.2. The van der Waals surface area contributed by atoms with Gasteiger partial charge in [-0.25, -0.2) is 4.98 Å². The molecule has 9 heteroatoms. The Bertz CT molecular complexity index is 666. The first-order chi connectivity index (χ1) is 10.1. The fourth-order valence-corrected chi connectivity index (χ4v) is 1.89. The van der Waals surface area contributed by atoms with E-state index in [1.165, 1.54) is 0 Å². The normalized spacial score (nSPS) is 12.3. The van der Waals surface area contributed by atoms with Crippen molar-refractivity contribution in [1.82, 2.24) is 4.98 Å². The lowest BCUT2D eigenvalue weighted by Crippen LogP contribution is -2.17. The molecule has 2 nitrogen and oxygen atoms in total. The minimum atomic E-state index is -4.88. The molecule has 2 aromatic rings. The summed E-state index contributed by atoms with van der Waals surface area (Å²) >= 11 is 5.58. The Kier molecular flexibility index (Phi) is 4.23. The van der Waals surface area contributed by atoms with Gasteiger partial charge in [0, 0.05) is 6.20 Å². The van der Waals surface area contributed by atoms with Crippen molar-refractivity contribution in [2.45, 2.75) is 12.5 Å². The highest BCUT2D eigenvalue weighted by atomic mass is 35.5. The van der Waals surface area contributed by atoms with E-state index in [2.05, 4.69) is 9.72 Å². The lowest BCUT2D eigenvalue weighted by molar-refractivity contribution is -0.274. The number of benzene rings is 1. The average Bonchev–Trinajstić information content (AvgIpc) is 2.36. The minimum absolute atomic E-state index is 0.0335. The van der Waals surface area contributed by atoms with E-state index in [1.54, 1.807) is 0 Å². The maximum atomic E-state index is 12.9. The van der Waals surface area contributed by atoms with Crippen LogP contribution in [0.15, 0.2) is 36.5 Å². The molecule has 0 atom stereocenters. The van der Waals surface area contributed by atoms with Crippen molar-refractivity contribution in [2.24, 2.45) is 0 Å². The first-order valence-electron chi connectivity index (χ1n) is 5.65. The number of ether oxygens (including phenoxy) is 1. The molecule has 0 radical (unpaired) electrons. The number of alkyl halides is 6.